The molecule has 0 saturated heterocycles. The van der Waals surface area contributed by atoms with Crippen LogP contribution >= 0.6 is 12.6 Å². The summed E-state index contributed by atoms with van der Waals surface area (Å²) in [6.45, 7) is 0. The van der Waals surface area contributed by atoms with Crippen LogP contribution < -0.4 is 10.6 Å². The first-order chi connectivity index (χ1) is 8.25. The van der Waals surface area contributed by atoms with Crippen molar-refractivity contribution in [3.63, 3.8) is 0 Å². The molecule has 0 bridgehead atoms. The molecule has 2 amide bonds. The van der Waals surface area contributed by atoms with E-state index in [-0.39, 0.29) is 5.95 Å². The van der Waals surface area contributed by atoms with E-state index in [4.69, 9.17) is 0 Å². The van der Waals surface area contributed by atoms with E-state index in [0.717, 1.165) is 0 Å². The van der Waals surface area contributed by atoms with E-state index < -0.39 is 6.03 Å². The number of urea groups is 1. The third kappa shape index (κ3) is 3.18. The molecule has 0 fully saturated rings. The van der Waals surface area contributed by atoms with Crippen LogP contribution in [0.25, 0.3) is 0 Å². The van der Waals surface area contributed by atoms with Gasteiger partial charge in [0, 0.05) is 17.3 Å². The number of amides is 2. The fourth-order valence-corrected chi connectivity index (χ4v) is 1.41. The van der Waals surface area contributed by atoms with Gasteiger partial charge in [0.05, 0.1) is 5.69 Å². The second kappa shape index (κ2) is 5.31. The highest BCUT2D eigenvalue weighted by atomic mass is 32.1. The standard InChI is InChI=1S/C11H10N4OS/c16-11(15-10-12-6-3-7-13-10)14-8-4-1-2-5-9(8)17/h1-7,17H,(H2,12,13,14,15,16). The van der Waals surface area contributed by atoms with E-state index in [1.807, 2.05) is 12.1 Å². The lowest BCUT2D eigenvalue weighted by molar-refractivity contribution is 0.262. The smallest absolute Gasteiger partial charge is 0.307 e. The zero-order chi connectivity index (χ0) is 12.1. The Hall–Kier alpha value is -2.08. The molecule has 86 valence electrons. The number of carbonyl (C=O) groups excluding carboxylic acids is 1. The van der Waals surface area contributed by atoms with Crippen molar-refractivity contribution in [3.8, 4) is 0 Å². The van der Waals surface area contributed by atoms with Crippen LogP contribution in [0.2, 0.25) is 0 Å². The summed E-state index contributed by atoms with van der Waals surface area (Å²) in [4.78, 5) is 20.1. The minimum Gasteiger partial charge on any atom is -0.307 e. The van der Waals surface area contributed by atoms with Crippen molar-refractivity contribution in [2.75, 3.05) is 10.6 Å². The first-order valence-electron chi connectivity index (χ1n) is 4.89. The minimum atomic E-state index is -0.405. The Morgan fingerprint density at radius 1 is 1.06 bits per heavy atom. The van der Waals surface area contributed by atoms with Crippen molar-refractivity contribution < 1.29 is 4.79 Å². The summed E-state index contributed by atoms with van der Waals surface area (Å²) in [6.07, 6.45) is 3.10. The third-order valence-corrected chi connectivity index (χ3v) is 2.33. The molecule has 2 N–H and O–H groups in total. The number of para-hydroxylation sites is 1. The van der Waals surface area contributed by atoms with Gasteiger partial charge >= 0.3 is 6.03 Å². The molecule has 0 aliphatic heterocycles. The highest BCUT2D eigenvalue weighted by molar-refractivity contribution is 7.80. The van der Waals surface area contributed by atoms with Crippen LogP contribution in [0.1, 0.15) is 0 Å². The quantitative estimate of drug-likeness (QED) is 0.713. The Labute approximate surface area is 104 Å². The maximum absolute atomic E-state index is 11.6. The number of benzene rings is 1. The van der Waals surface area contributed by atoms with E-state index in [1.165, 1.54) is 0 Å². The molecule has 2 rings (SSSR count). The van der Waals surface area contributed by atoms with Gasteiger partial charge in [-0.1, -0.05) is 12.1 Å². The average molecular weight is 246 g/mol. The van der Waals surface area contributed by atoms with Gasteiger partial charge in [0.15, 0.2) is 0 Å². The van der Waals surface area contributed by atoms with Gasteiger partial charge in [-0.15, -0.1) is 12.6 Å². The molecule has 1 aromatic carbocycles. The first kappa shape index (κ1) is 11.4. The van der Waals surface area contributed by atoms with Gasteiger partial charge in [0.25, 0.3) is 0 Å². The fourth-order valence-electron chi connectivity index (χ4n) is 1.20. The predicted octanol–water partition coefficient (Wildman–Crippen LogP) is 2.41. The Morgan fingerprint density at radius 3 is 2.47 bits per heavy atom. The van der Waals surface area contributed by atoms with E-state index in [0.29, 0.717) is 10.6 Å². The highest BCUT2D eigenvalue weighted by Gasteiger charge is 2.05. The average Bonchev–Trinajstić information content (AvgIpc) is 2.33. The Bertz CT molecular complexity index is 518. The fraction of sp³-hybridized carbons (Fsp3) is 0. The van der Waals surface area contributed by atoms with Gasteiger partial charge in [-0.25, -0.2) is 14.8 Å². The summed E-state index contributed by atoms with van der Waals surface area (Å²) in [5.41, 5.74) is 0.629. The first-order valence-corrected chi connectivity index (χ1v) is 5.33. The molecule has 6 heteroatoms. The summed E-state index contributed by atoms with van der Waals surface area (Å²) >= 11 is 4.22. The molecule has 0 atom stereocenters. The number of hydrogen-bond acceptors (Lipinski definition) is 4. The lowest BCUT2D eigenvalue weighted by Gasteiger charge is -2.07. The van der Waals surface area contributed by atoms with Gasteiger partial charge in [-0.2, -0.15) is 0 Å². The zero-order valence-electron chi connectivity index (χ0n) is 8.79. The Kier molecular flexibility index (Phi) is 3.56. The molecule has 5 nitrogen and oxygen atoms in total. The molecule has 2 aromatic rings. The van der Waals surface area contributed by atoms with E-state index in [9.17, 15) is 4.79 Å². The van der Waals surface area contributed by atoms with E-state index >= 15 is 0 Å². The summed E-state index contributed by atoms with van der Waals surface area (Å²) in [5, 5.41) is 5.16. The van der Waals surface area contributed by atoms with E-state index in [2.05, 4.69) is 33.2 Å². The molecule has 1 heterocycles. The van der Waals surface area contributed by atoms with Crippen molar-refractivity contribution in [2.24, 2.45) is 0 Å². The van der Waals surface area contributed by atoms with Crippen molar-refractivity contribution in [1.82, 2.24) is 9.97 Å². The summed E-state index contributed by atoms with van der Waals surface area (Å²) in [5.74, 6) is 0.252. The number of aromatic nitrogens is 2. The topological polar surface area (TPSA) is 66.9 Å². The van der Waals surface area contributed by atoms with Crippen molar-refractivity contribution in [1.29, 1.82) is 0 Å². The van der Waals surface area contributed by atoms with Gasteiger partial charge < -0.3 is 5.32 Å². The molecular formula is C11H10N4OS. The second-order valence-electron chi connectivity index (χ2n) is 3.17. The lowest BCUT2D eigenvalue weighted by Crippen LogP contribution is -2.20. The highest BCUT2D eigenvalue weighted by Crippen LogP contribution is 2.18. The molecule has 0 unspecified atom stereocenters. The van der Waals surface area contributed by atoms with Crippen LogP contribution in [0.3, 0.4) is 0 Å². The number of hydrogen-bond donors (Lipinski definition) is 3. The zero-order valence-corrected chi connectivity index (χ0v) is 9.69. The minimum absolute atomic E-state index is 0.252. The number of nitrogens with zero attached hydrogens (tertiary/aromatic N) is 2. The largest absolute Gasteiger partial charge is 0.326 e. The van der Waals surface area contributed by atoms with Crippen LogP contribution in [0.4, 0.5) is 16.4 Å². The number of carbonyl (C=O) groups is 1. The van der Waals surface area contributed by atoms with Gasteiger partial charge in [0.1, 0.15) is 0 Å². The summed E-state index contributed by atoms with van der Waals surface area (Å²) in [6, 6.07) is 8.47. The Balaban J connectivity index is 2.01. The van der Waals surface area contributed by atoms with Gasteiger partial charge in [-0.3, -0.25) is 5.32 Å². The van der Waals surface area contributed by atoms with Crippen LogP contribution in [0.15, 0.2) is 47.6 Å². The molecular weight excluding hydrogens is 236 g/mol. The second-order valence-corrected chi connectivity index (χ2v) is 3.65. The van der Waals surface area contributed by atoms with Crippen LogP contribution in [-0.2, 0) is 0 Å². The maximum atomic E-state index is 11.6. The predicted molar refractivity (Wildman–Crippen MR) is 68.4 cm³/mol. The molecule has 0 aliphatic rings. The molecule has 0 saturated carbocycles. The molecule has 1 aromatic heterocycles. The van der Waals surface area contributed by atoms with Crippen LogP contribution in [0.5, 0.6) is 0 Å². The Morgan fingerprint density at radius 2 is 1.76 bits per heavy atom. The summed E-state index contributed by atoms with van der Waals surface area (Å²) in [7, 11) is 0. The molecule has 17 heavy (non-hydrogen) atoms. The van der Waals surface area contributed by atoms with Crippen LogP contribution in [-0.4, -0.2) is 16.0 Å². The van der Waals surface area contributed by atoms with Gasteiger partial charge in [0.2, 0.25) is 5.95 Å². The van der Waals surface area contributed by atoms with E-state index in [1.54, 1.807) is 30.6 Å². The number of anilines is 2. The van der Waals surface area contributed by atoms with Crippen molar-refractivity contribution in [3.05, 3.63) is 42.7 Å². The monoisotopic (exact) mass is 246 g/mol. The van der Waals surface area contributed by atoms with Crippen molar-refractivity contribution >= 4 is 30.3 Å². The number of thiol groups is 1. The SMILES string of the molecule is O=C(Nc1ncccn1)Nc1ccccc1S. The number of nitrogens with one attached hydrogen (secondary N) is 2. The van der Waals surface area contributed by atoms with Crippen LogP contribution in [0, 0.1) is 0 Å². The maximum Gasteiger partial charge on any atom is 0.326 e. The molecule has 0 aliphatic carbocycles. The lowest BCUT2D eigenvalue weighted by atomic mass is 10.3. The van der Waals surface area contributed by atoms with Gasteiger partial charge in [-0.05, 0) is 18.2 Å². The van der Waals surface area contributed by atoms with Crippen molar-refractivity contribution in [2.45, 2.75) is 4.90 Å². The number of rotatable bonds is 2. The molecule has 0 radical (unpaired) electrons. The molecule has 0 spiro atoms. The third-order valence-electron chi connectivity index (χ3n) is 1.94. The summed E-state index contributed by atoms with van der Waals surface area (Å²) < 4.78 is 0. The normalized spacial score (nSPS) is 9.71.